The Morgan fingerprint density at radius 3 is 2.52 bits per heavy atom. The van der Waals surface area contributed by atoms with Gasteiger partial charge >= 0.3 is 0 Å². The van der Waals surface area contributed by atoms with E-state index < -0.39 is 16.1 Å². The molecule has 2 rings (SSSR count). The first-order valence-corrected chi connectivity index (χ1v) is 11.6. The zero-order valence-corrected chi connectivity index (χ0v) is 18.9. The number of carbonyl (C=O) groups excluding carboxylic acids is 1. The number of aliphatic hydroxyl groups is 1. The second-order valence-electron chi connectivity index (χ2n) is 8.12. The van der Waals surface area contributed by atoms with Crippen molar-refractivity contribution in [2.75, 3.05) is 52.0 Å². The second kappa shape index (κ2) is 9.32. The average molecular weight is 428 g/mol. The van der Waals surface area contributed by atoms with Gasteiger partial charge < -0.3 is 19.6 Å². The summed E-state index contributed by atoms with van der Waals surface area (Å²) in [6.07, 6.45) is 0.870. The summed E-state index contributed by atoms with van der Waals surface area (Å²) < 4.78 is 31.4. The number of rotatable bonds is 6. The van der Waals surface area contributed by atoms with Gasteiger partial charge in [-0.3, -0.25) is 4.79 Å². The Hall–Kier alpha value is -1.84. The standard InChI is InChI=1S/C20H33N3O5S/c1-14-11-23(15(2)13-24)20(25)10-16-9-17(21(3)4)7-8-18(16)28-19(14)12-22(5)29(6,26)27/h7-9,14-15,19,24H,10-13H2,1-6H3/t14-,15-,19+/m0/s1. The van der Waals surface area contributed by atoms with Crippen molar-refractivity contribution < 1.29 is 23.1 Å². The van der Waals surface area contributed by atoms with Gasteiger partial charge in [0.2, 0.25) is 15.9 Å². The largest absolute Gasteiger partial charge is 0.488 e. The Kier molecular flexibility index (Phi) is 7.53. The van der Waals surface area contributed by atoms with E-state index in [2.05, 4.69) is 0 Å². The highest BCUT2D eigenvalue weighted by molar-refractivity contribution is 7.88. The van der Waals surface area contributed by atoms with Gasteiger partial charge in [-0.15, -0.1) is 0 Å². The number of hydrogen-bond donors (Lipinski definition) is 1. The van der Waals surface area contributed by atoms with E-state index in [-0.39, 0.29) is 37.4 Å². The van der Waals surface area contributed by atoms with Crippen molar-refractivity contribution >= 4 is 21.6 Å². The highest BCUT2D eigenvalue weighted by Gasteiger charge is 2.32. The van der Waals surface area contributed by atoms with Crippen LogP contribution in [0, 0.1) is 5.92 Å². The van der Waals surface area contributed by atoms with Crippen LogP contribution in [0.15, 0.2) is 18.2 Å². The monoisotopic (exact) mass is 427 g/mol. The Labute approximate surface area is 174 Å². The fourth-order valence-electron chi connectivity index (χ4n) is 3.30. The van der Waals surface area contributed by atoms with Crippen LogP contribution in [0.1, 0.15) is 19.4 Å². The van der Waals surface area contributed by atoms with E-state index in [0.717, 1.165) is 17.5 Å². The quantitative estimate of drug-likeness (QED) is 0.722. The Morgan fingerprint density at radius 1 is 1.31 bits per heavy atom. The molecule has 1 amide bonds. The minimum atomic E-state index is -3.37. The van der Waals surface area contributed by atoms with Gasteiger partial charge in [0, 0.05) is 44.9 Å². The minimum absolute atomic E-state index is 0.0868. The molecule has 0 aliphatic carbocycles. The lowest BCUT2D eigenvalue weighted by Gasteiger charge is -2.33. The molecule has 0 radical (unpaired) electrons. The van der Waals surface area contributed by atoms with Crippen LogP contribution < -0.4 is 9.64 Å². The zero-order chi connectivity index (χ0) is 21.9. The maximum atomic E-state index is 13.0. The molecule has 0 saturated heterocycles. The molecular weight excluding hydrogens is 394 g/mol. The van der Waals surface area contributed by atoms with Crippen molar-refractivity contribution in [2.45, 2.75) is 32.4 Å². The van der Waals surface area contributed by atoms with Crippen molar-refractivity contribution in [3.8, 4) is 5.75 Å². The van der Waals surface area contributed by atoms with E-state index in [1.807, 2.05) is 44.1 Å². The molecular formula is C20H33N3O5S. The van der Waals surface area contributed by atoms with E-state index in [4.69, 9.17) is 4.74 Å². The van der Waals surface area contributed by atoms with Gasteiger partial charge in [0.15, 0.2) is 0 Å². The number of fused-ring (bicyclic) bond motifs is 1. The molecule has 0 aromatic heterocycles. The number of aliphatic hydroxyl groups excluding tert-OH is 1. The number of benzene rings is 1. The van der Waals surface area contributed by atoms with E-state index in [1.165, 1.54) is 11.4 Å². The molecule has 0 spiro atoms. The van der Waals surface area contributed by atoms with Crippen LogP contribution in [0.2, 0.25) is 0 Å². The Bertz CT molecular complexity index is 827. The van der Waals surface area contributed by atoms with Gasteiger partial charge in [-0.2, -0.15) is 0 Å². The first-order valence-electron chi connectivity index (χ1n) is 9.72. The molecule has 0 unspecified atom stereocenters. The summed E-state index contributed by atoms with van der Waals surface area (Å²) in [6.45, 7) is 4.14. The topological polar surface area (TPSA) is 90.4 Å². The van der Waals surface area contributed by atoms with E-state index >= 15 is 0 Å². The third-order valence-electron chi connectivity index (χ3n) is 5.42. The number of amides is 1. The van der Waals surface area contributed by atoms with Crippen LogP contribution in [-0.2, 0) is 21.2 Å². The number of ether oxygens (including phenoxy) is 1. The number of anilines is 1. The molecule has 3 atom stereocenters. The molecule has 1 aromatic carbocycles. The molecule has 29 heavy (non-hydrogen) atoms. The molecule has 1 aromatic rings. The molecule has 1 aliphatic rings. The first kappa shape index (κ1) is 23.4. The van der Waals surface area contributed by atoms with Gasteiger partial charge in [0.1, 0.15) is 11.9 Å². The Morgan fingerprint density at radius 2 is 1.97 bits per heavy atom. The fourth-order valence-corrected chi connectivity index (χ4v) is 3.72. The Balaban J connectivity index is 2.48. The van der Waals surface area contributed by atoms with Gasteiger partial charge in [-0.25, -0.2) is 12.7 Å². The van der Waals surface area contributed by atoms with Gasteiger partial charge in [0.25, 0.3) is 0 Å². The van der Waals surface area contributed by atoms with Crippen molar-refractivity contribution in [1.82, 2.24) is 9.21 Å². The van der Waals surface area contributed by atoms with Crippen molar-refractivity contribution in [2.24, 2.45) is 5.92 Å². The third kappa shape index (κ3) is 5.83. The lowest BCUT2D eigenvalue weighted by Crippen LogP contribution is -2.48. The van der Waals surface area contributed by atoms with E-state index in [0.29, 0.717) is 12.3 Å². The average Bonchev–Trinajstić information content (AvgIpc) is 2.68. The summed E-state index contributed by atoms with van der Waals surface area (Å²) in [4.78, 5) is 16.7. The summed E-state index contributed by atoms with van der Waals surface area (Å²) >= 11 is 0. The predicted octanol–water partition coefficient (Wildman–Crippen LogP) is 0.793. The SMILES string of the molecule is C[C@H]1CN([C@@H](C)CO)C(=O)Cc2cc(N(C)C)ccc2O[C@@H]1CN(C)S(C)(=O)=O. The van der Waals surface area contributed by atoms with Gasteiger partial charge in [-0.05, 0) is 25.1 Å². The second-order valence-corrected chi connectivity index (χ2v) is 10.2. The van der Waals surface area contributed by atoms with Crippen LogP contribution in [0.5, 0.6) is 5.75 Å². The number of nitrogens with zero attached hydrogens (tertiary/aromatic N) is 3. The van der Waals surface area contributed by atoms with E-state index in [1.54, 1.807) is 11.8 Å². The maximum absolute atomic E-state index is 13.0. The maximum Gasteiger partial charge on any atom is 0.227 e. The molecule has 0 bridgehead atoms. The summed E-state index contributed by atoms with van der Waals surface area (Å²) in [7, 11) is 2.00. The highest BCUT2D eigenvalue weighted by Crippen LogP contribution is 2.30. The number of sulfonamides is 1. The molecule has 1 aliphatic heterocycles. The molecule has 164 valence electrons. The van der Waals surface area contributed by atoms with Crippen molar-refractivity contribution in [1.29, 1.82) is 0 Å². The summed E-state index contributed by atoms with van der Waals surface area (Å²) in [5.41, 5.74) is 1.69. The van der Waals surface area contributed by atoms with Crippen LogP contribution in [-0.4, -0.2) is 87.9 Å². The van der Waals surface area contributed by atoms with Crippen LogP contribution in [0.25, 0.3) is 0 Å². The predicted molar refractivity (Wildman–Crippen MR) is 114 cm³/mol. The number of hydrogen-bond acceptors (Lipinski definition) is 6. The molecule has 8 nitrogen and oxygen atoms in total. The summed E-state index contributed by atoms with van der Waals surface area (Å²) in [5.74, 6) is 0.356. The van der Waals surface area contributed by atoms with Crippen molar-refractivity contribution in [3.05, 3.63) is 23.8 Å². The van der Waals surface area contributed by atoms with Gasteiger partial charge in [-0.1, -0.05) is 6.92 Å². The normalized spacial score (nSPS) is 21.7. The van der Waals surface area contributed by atoms with Crippen molar-refractivity contribution in [3.63, 3.8) is 0 Å². The molecule has 9 heteroatoms. The zero-order valence-electron chi connectivity index (χ0n) is 18.1. The third-order valence-corrected chi connectivity index (χ3v) is 6.70. The first-order chi connectivity index (χ1) is 13.4. The van der Waals surface area contributed by atoms with Crippen LogP contribution >= 0.6 is 0 Å². The molecule has 0 saturated carbocycles. The van der Waals surface area contributed by atoms with E-state index in [9.17, 15) is 18.3 Å². The van der Waals surface area contributed by atoms with Crippen LogP contribution in [0.3, 0.4) is 0 Å². The van der Waals surface area contributed by atoms with Crippen LogP contribution in [0.4, 0.5) is 5.69 Å². The lowest BCUT2D eigenvalue weighted by atomic mass is 10.0. The lowest BCUT2D eigenvalue weighted by molar-refractivity contribution is -0.134. The number of carbonyl (C=O) groups is 1. The molecule has 0 fully saturated rings. The number of likely N-dealkylation sites (N-methyl/N-ethyl adjacent to an activating group) is 1. The molecule has 1 heterocycles. The summed E-state index contributed by atoms with van der Waals surface area (Å²) in [6, 6.07) is 5.33. The summed E-state index contributed by atoms with van der Waals surface area (Å²) in [5, 5.41) is 9.63. The highest BCUT2D eigenvalue weighted by atomic mass is 32.2. The molecule has 1 N–H and O–H groups in total. The fraction of sp³-hybridized carbons (Fsp3) is 0.650. The van der Waals surface area contributed by atoms with Gasteiger partial charge in [0.05, 0.1) is 31.9 Å². The smallest absolute Gasteiger partial charge is 0.227 e. The minimum Gasteiger partial charge on any atom is -0.488 e.